The van der Waals surface area contributed by atoms with Crippen LogP contribution < -0.4 is 0 Å². The molecule has 3 heteroatoms. The molecule has 0 saturated heterocycles. The first-order valence-electron chi connectivity index (χ1n) is 6.51. The van der Waals surface area contributed by atoms with Crippen molar-refractivity contribution in [2.24, 2.45) is 11.8 Å². The average molecular weight is 246 g/mol. The number of esters is 1. The zero-order valence-corrected chi connectivity index (χ0v) is 10.8. The number of methoxy groups -OCH3 is 1. The van der Waals surface area contributed by atoms with Crippen LogP contribution >= 0.6 is 0 Å². The molecule has 1 N–H and O–H groups in total. The number of benzene rings is 1. The van der Waals surface area contributed by atoms with Crippen molar-refractivity contribution < 1.29 is 14.6 Å². The summed E-state index contributed by atoms with van der Waals surface area (Å²) < 4.78 is 4.92. The Morgan fingerprint density at radius 2 is 2.28 bits per heavy atom. The number of fused-ring (bicyclic) bond motifs is 2. The highest BCUT2D eigenvalue weighted by molar-refractivity contribution is 5.80. The number of aryl methyl sites for hydroxylation is 1. The molecule has 96 valence electrons. The Kier molecular flexibility index (Phi) is 2.40. The molecular formula is C15H18O3. The fraction of sp³-hybridized carbons (Fsp3) is 0.533. The van der Waals surface area contributed by atoms with Gasteiger partial charge in [0.05, 0.1) is 13.0 Å². The lowest BCUT2D eigenvalue weighted by Crippen LogP contribution is -2.22. The van der Waals surface area contributed by atoms with E-state index >= 15 is 0 Å². The molecule has 1 saturated carbocycles. The SMILES string of the molecule is COC(=O)[C@@H]1[C@H](C)[C@]12CCCc1ccc(O)cc12. The number of phenols is 1. The average Bonchev–Trinajstić information content (AvgIpc) is 2.95. The molecule has 0 unspecified atom stereocenters. The van der Waals surface area contributed by atoms with E-state index in [0.29, 0.717) is 5.92 Å². The van der Waals surface area contributed by atoms with E-state index in [-0.39, 0.29) is 23.1 Å². The quantitative estimate of drug-likeness (QED) is 0.774. The smallest absolute Gasteiger partial charge is 0.309 e. The Morgan fingerprint density at radius 3 is 3.00 bits per heavy atom. The number of aromatic hydroxyl groups is 1. The van der Waals surface area contributed by atoms with Gasteiger partial charge in [0.2, 0.25) is 0 Å². The molecule has 0 aromatic heterocycles. The number of hydrogen-bond acceptors (Lipinski definition) is 3. The molecule has 1 aromatic carbocycles. The maximum Gasteiger partial charge on any atom is 0.309 e. The number of carbonyl (C=O) groups is 1. The predicted octanol–water partition coefficient (Wildman–Crippen LogP) is 2.41. The number of rotatable bonds is 1. The van der Waals surface area contributed by atoms with Crippen molar-refractivity contribution in [1.82, 2.24) is 0 Å². The van der Waals surface area contributed by atoms with Gasteiger partial charge in [-0.15, -0.1) is 0 Å². The Hall–Kier alpha value is -1.51. The van der Waals surface area contributed by atoms with Gasteiger partial charge in [0.1, 0.15) is 5.75 Å². The van der Waals surface area contributed by atoms with Gasteiger partial charge in [-0.3, -0.25) is 4.79 Å². The molecular weight excluding hydrogens is 228 g/mol. The summed E-state index contributed by atoms with van der Waals surface area (Å²) in [6.45, 7) is 2.11. The van der Waals surface area contributed by atoms with Crippen LogP contribution in [0.1, 0.15) is 30.9 Å². The second-order valence-corrected chi connectivity index (χ2v) is 5.52. The van der Waals surface area contributed by atoms with Crippen molar-refractivity contribution in [3.05, 3.63) is 29.3 Å². The molecule has 3 rings (SSSR count). The summed E-state index contributed by atoms with van der Waals surface area (Å²) in [6.07, 6.45) is 3.16. The molecule has 0 heterocycles. The van der Waals surface area contributed by atoms with Gasteiger partial charge in [-0.05, 0) is 48.4 Å². The van der Waals surface area contributed by atoms with E-state index in [0.717, 1.165) is 24.8 Å². The second kappa shape index (κ2) is 3.74. The minimum Gasteiger partial charge on any atom is -0.508 e. The zero-order valence-electron chi connectivity index (χ0n) is 10.8. The maximum absolute atomic E-state index is 11.9. The third-order valence-corrected chi connectivity index (χ3v) is 4.84. The van der Waals surface area contributed by atoms with E-state index in [1.165, 1.54) is 12.7 Å². The highest BCUT2D eigenvalue weighted by Crippen LogP contribution is 2.65. The molecule has 0 bridgehead atoms. The molecule has 0 amide bonds. The van der Waals surface area contributed by atoms with Crippen LogP contribution in [-0.2, 0) is 21.4 Å². The van der Waals surface area contributed by atoms with Crippen molar-refractivity contribution in [1.29, 1.82) is 0 Å². The summed E-state index contributed by atoms with van der Waals surface area (Å²) in [5.74, 6) is 0.450. The van der Waals surface area contributed by atoms with Crippen LogP contribution in [0, 0.1) is 11.8 Å². The van der Waals surface area contributed by atoms with Crippen molar-refractivity contribution in [3.8, 4) is 5.75 Å². The standard InChI is InChI=1S/C15H18O3/c1-9-13(14(17)18-2)15(9)7-3-4-10-5-6-11(16)8-12(10)15/h5-6,8-9,13,16H,3-4,7H2,1-2H3/t9-,13-,15-/m0/s1. The van der Waals surface area contributed by atoms with Crippen LogP contribution in [0.5, 0.6) is 5.75 Å². The van der Waals surface area contributed by atoms with Crippen LogP contribution in [-0.4, -0.2) is 18.2 Å². The monoisotopic (exact) mass is 246 g/mol. The van der Waals surface area contributed by atoms with Gasteiger partial charge in [0.25, 0.3) is 0 Å². The molecule has 2 aliphatic rings. The van der Waals surface area contributed by atoms with Gasteiger partial charge < -0.3 is 9.84 Å². The predicted molar refractivity (Wildman–Crippen MR) is 67.4 cm³/mol. The lowest BCUT2D eigenvalue weighted by Gasteiger charge is -2.27. The van der Waals surface area contributed by atoms with Crippen LogP contribution in [0.25, 0.3) is 0 Å². The largest absolute Gasteiger partial charge is 0.508 e. The fourth-order valence-electron chi connectivity index (χ4n) is 3.89. The Labute approximate surface area is 107 Å². The van der Waals surface area contributed by atoms with Gasteiger partial charge in [-0.2, -0.15) is 0 Å². The van der Waals surface area contributed by atoms with Crippen molar-refractivity contribution in [2.45, 2.75) is 31.6 Å². The van der Waals surface area contributed by atoms with E-state index < -0.39 is 0 Å². The van der Waals surface area contributed by atoms with E-state index in [4.69, 9.17) is 4.74 Å². The lowest BCUT2D eigenvalue weighted by molar-refractivity contribution is -0.143. The second-order valence-electron chi connectivity index (χ2n) is 5.52. The summed E-state index contributed by atoms with van der Waals surface area (Å²) in [6, 6.07) is 5.57. The Balaban J connectivity index is 2.07. The summed E-state index contributed by atoms with van der Waals surface area (Å²) >= 11 is 0. The van der Waals surface area contributed by atoms with Gasteiger partial charge in [0.15, 0.2) is 0 Å². The third kappa shape index (κ3) is 1.33. The van der Waals surface area contributed by atoms with E-state index in [1.807, 2.05) is 12.1 Å². The first-order valence-corrected chi connectivity index (χ1v) is 6.51. The summed E-state index contributed by atoms with van der Waals surface area (Å²) in [5.41, 5.74) is 2.35. The Morgan fingerprint density at radius 1 is 1.50 bits per heavy atom. The molecule has 1 spiro atoms. The minimum absolute atomic E-state index is 0.0386. The molecule has 3 nitrogen and oxygen atoms in total. The van der Waals surface area contributed by atoms with E-state index in [9.17, 15) is 9.90 Å². The number of hydrogen-bond donors (Lipinski definition) is 1. The lowest BCUT2D eigenvalue weighted by atomic mass is 9.77. The summed E-state index contributed by atoms with van der Waals surface area (Å²) in [4.78, 5) is 11.9. The van der Waals surface area contributed by atoms with Crippen molar-refractivity contribution in [2.75, 3.05) is 7.11 Å². The van der Waals surface area contributed by atoms with Crippen LogP contribution in [0.15, 0.2) is 18.2 Å². The van der Waals surface area contributed by atoms with Gasteiger partial charge >= 0.3 is 5.97 Å². The van der Waals surface area contributed by atoms with Gasteiger partial charge in [0, 0.05) is 5.41 Å². The normalized spacial score (nSPS) is 33.0. The van der Waals surface area contributed by atoms with Crippen molar-refractivity contribution in [3.63, 3.8) is 0 Å². The molecule has 18 heavy (non-hydrogen) atoms. The molecule has 2 aliphatic carbocycles. The molecule has 0 aliphatic heterocycles. The zero-order chi connectivity index (χ0) is 12.9. The molecule has 1 fully saturated rings. The first-order chi connectivity index (χ1) is 8.61. The first kappa shape index (κ1) is 11.6. The third-order valence-electron chi connectivity index (χ3n) is 4.84. The fourth-order valence-corrected chi connectivity index (χ4v) is 3.89. The minimum atomic E-state index is -0.112. The van der Waals surface area contributed by atoms with Crippen LogP contribution in [0.4, 0.5) is 0 Å². The topological polar surface area (TPSA) is 46.5 Å². The van der Waals surface area contributed by atoms with Crippen LogP contribution in [0.3, 0.4) is 0 Å². The van der Waals surface area contributed by atoms with E-state index in [1.54, 1.807) is 6.07 Å². The Bertz CT molecular complexity index is 508. The van der Waals surface area contributed by atoms with Gasteiger partial charge in [-0.25, -0.2) is 0 Å². The van der Waals surface area contributed by atoms with E-state index in [2.05, 4.69) is 6.92 Å². The number of ether oxygens (including phenoxy) is 1. The molecule has 3 atom stereocenters. The summed E-state index contributed by atoms with van der Waals surface area (Å²) in [5, 5.41) is 9.70. The van der Waals surface area contributed by atoms with Crippen molar-refractivity contribution >= 4 is 5.97 Å². The van der Waals surface area contributed by atoms with Gasteiger partial charge in [-0.1, -0.05) is 13.0 Å². The molecule has 1 aromatic rings. The highest BCUT2D eigenvalue weighted by atomic mass is 16.5. The maximum atomic E-state index is 11.9. The number of phenolic OH excluding ortho intramolecular Hbond substituents is 1. The number of carbonyl (C=O) groups excluding carboxylic acids is 1. The molecule has 0 radical (unpaired) electrons. The highest BCUT2D eigenvalue weighted by Gasteiger charge is 2.67. The van der Waals surface area contributed by atoms with Crippen LogP contribution in [0.2, 0.25) is 0 Å². The summed E-state index contributed by atoms with van der Waals surface area (Å²) in [7, 11) is 1.45.